The Bertz CT molecular complexity index is 753. The van der Waals surface area contributed by atoms with E-state index in [2.05, 4.69) is 9.72 Å². The molecule has 22 heavy (non-hydrogen) atoms. The lowest BCUT2D eigenvalue weighted by Gasteiger charge is -2.13. The average molecular weight is 403 g/mol. The van der Waals surface area contributed by atoms with Gasteiger partial charge in [-0.1, -0.05) is 58.0 Å². The summed E-state index contributed by atoms with van der Waals surface area (Å²) in [6, 6.07) is 1.02. The largest absolute Gasteiger partial charge is 0.464 e. The summed E-state index contributed by atoms with van der Waals surface area (Å²) in [5.74, 6) is -1.81. The first-order chi connectivity index (χ1) is 10.3. The lowest BCUT2D eigenvalue weighted by atomic mass is 10.1. The molecule has 0 radical (unpaired) electrons. The Labute approximate surface area is 149 Å². The van der Waals surface area contributed by atoms with Gasteiger partial charge in [-0.05, 0) is 6.07 Å². The van der Waals surface area contributed by atoms with E-state index in [-0.39, 0.29) is 36.2 Å². The normalized spacial score (nSPS) is 10.7. The second kappa shape index (κ2) is 6.77. The molecule has 0 saturated heterocycles. The van der Waals surface area contributed by atoms with Gasteiger partial charge < -0.3 is 4.74 Å². The summed E-state index contributed by atoms with van der Waals surface area (Å²) in [5.41, 5.74) is -0.129. The monoisotopic (exact) mass is 401 g/mol. The highest BCUT2D eigenvalue weighted by atomic mass is 35.5. The number of rotatable bonds is 2. The zero-order chi connectivity index (χ0) is 16.6. The molecule has 0 aliphatic heterocycles. The molecule has 0 saturated carbocycles. The number of carbonyl (C=O) groups is 1. The van der Waals surface area contributed by atoms with Crippen LogP contribution in [0.15, 0.2) is 12.3 Å². The van der Waals surface area contributed by atoms with Crippen LogP contribution in [0.3, 0.4) is 0 Å². The van der Waals surface area contributed by atoms with Crippen LogP contribution in [0.2, 0.25) is 25.1 Å². The average Bonchev–Trinajstić information content (AvgIpc) is 2.50. The summed E-state index contributed by atoms with van der Waals surface area (Å²) < 4.78 is 18.4. The molecule has 0 aliphatic rings. The smallest absolute Gasteiger partial charge is 0.359 e. The summed E-state index contributed by atoms with van der Waals surface area (Å²) in [4.78, 5) is 15.0. The molecule has 1 aromatic carbocycles. The van der Waals surface area contributed by atoms with E-state index in [0.717, 1.165) is 13.2 Å². The van der Waals surface area contributed by atoms with Gasteiger partial charge in [-0.3, -0.25) is 0 Å². The van der Waals surface area contributed by atoms with Crippen molar-refractivity contribution >= 4 is 64.0 Å². The fraction of sp³-hybridized carbons (Fsp3) is 0.0769. The van der Waals surface area contributed by atoms with Crippen molar-refractivity contribution in [1.29, 1.82) is 0 Å². The number of esters is 1. The maximum atomic E-state index is 14.0. The highest BCUT2D eigenvalue weighted by Crippen LogP contribution is 2.48. The van der Waals surface area contributed by atoms with Gasteiger partial charge in [0.1, 0.15) is 0 Å². The summed E-state index contributed by atoms with van der Waals surface area (Å²) in [6.45, 7) is 0. The number of methoxy groups -OCH3 is 1. The van der Waals surface area contributed by atoms with E-state index in [1.807, 2.05) is 0 Å². The van der Waals surface area contributed by atoms with Crippen molar-refractivity contribution < 1.29 is 13.9 Å². The molecule has 2 aromatic rings. The predicted octanol–water partition coefficient (Wildman–Crippen LogP) is 5.94. The van der Waals surface area contributed by atoms with Crippen LogP contribution in [0.25, 0.3) is 11.1 Å². The molecule has 0 unspecified atom stereocenters. The molecule has 2 rings (SSSR count). The van der Waals surface area contributed by atoms with Crippen LogP contribution in [-0.4, -0.2) is 18.1 Å². The van der Waals surface area contributed by atoms with Crippen molar-refractivity contribution in [3.63, 3.8) is 0 Å². The van der Waals surface area contributed by atoms with Gasteiger partial charge in [0.15, 0.2) is 11.5 Å². The van der Waals surface area contributed by atoms with E-state index in [0.29, 0.717) is 0 Å². The third-order valence-electron chi connectivity index (χ3n) is 2.72. The molecule has 3 nitrogen and oxygen atoms in total. The number of hydrogen-bond acceptors (Lipinski definition) is 3. The van der Waals surface area contributed by atoms with Crippen LogP contribution in [0, 0.1) is 5.82 Å². The number of aromatic nitrogens is 1. The van der Waals surface area contributed by atoms with E-state index >= 15 is 0 Å². The molecule has 0 amide bonds. The van der Waals surface area contributed by atoms with E-state index in [1.54, 1.807) is 0 Å². The lowest BCUT2D eigenvalue weighted by Crippen LogP contribution is -2.07. The quantitative estimate of drug-likeness (QED) is 0.354. The number of halogens is 6. The zero-order valence-corrected chi connectivity index (χ0v) is 14.5. The van der Waals surface area contributed by atoms with Gasteiger partial charge >= 0.3 is 5.97 Å². The fourth-order valence-electron chi connectivity index (χ4n) is 1.68. The van der Waals surface area contributed by atoms with Crippen LogP contribution < -0.4 is 0 Å². The molecule has 0 fully saturated rings. The Kier molecular flexibility index (Phi) is 5.41. The fourth-order valence-corrected chi connectivity index (χ4v) is 3.04. The van der Waals surface area contributed by atoms with Crippen molar-refractivity contribution in [2.24, 2.45) is 0 Å². The summed E-state index contributed by atoms with van der Waals surface area (Å²) in [5, 5.41) is -0.0711. The van der Waals surface area contributed by atoms with Crippen LogP contribution in [0.5, 0.6) is 0 Å². The first kappa shape index (κ1) is 17.6. The van der Waals surface area contributed by atoms with E-state index in [1.165, 1.54) is 6.20 Å². The number of pyridine rings is 1. The van der Waals surface area contributed by atoms with Crippen LogP contribution in [0.1, 0.15) is 10.5 Å². The summed E-state index contributed by atoms with van der Waals surface area (Å²) >= 11 is 30.0. The van der Waals surface area contributed by atoms with Gasteiger partial charge in [-0.15, -0.1) is 0 Å². The topological polar surface area (TPSA) is 39.2 Å². The number of nitrogens with zero attached hydrogens (tertiary/aromatic N) is 1. The predicted molar refractivity (Wildman–Crippen MR) is 86.0 cm³/mol. The highest BCUT2D eigenvalue weighted by molar-refractivity contribution is 6.56. The third-order valence-corrected chi connectivity index (χ3v) is 5.00. The lowest BCUT2D eigenvalue weighted by molar-refractivity contribution is 0.0588. The van der Waals surface area contributed by atoms with Crippen molar-refractivity contribution in [2.75, 3.05) is 7.11 Å². The first-order valence-corrected chi connectivity index (χ1v) is 7.44. The molecule has 9 heteroatoms. The van der Waals surface area contributed by atoms with Crippen LogP contribution in [0.4, 0.5) is 4.39 Å². The molecular formula is C13H5Cl5FNO2. The maximum absolute atomic E-state index is 14.0. The molecule has 1 heterocycles. The van der Waals surface area contributed by atoms with Crippen molar-refractivity contribution in [3.8, 4) is 11.1 Å². The minimum Gasteiger partial charge on any atom is -0.464 e. The van der Waals surface area contributed by atoms with Gasteiger partial charge in [0, 0.05) is 17.3 Å². The first-order valence-electron chi connectivity index (χ1n) is 5.55. The number of ether oxygens (including phenoxy) is 1. The van der Waals surface area contributed by atoms with Gasteiger partial charge in [0.05, 0.1) is 32.2 Å². The standard InChI is InChI=1S/C13H5Cl5FNO2/c1-22-13(21)12-5(19)2-4(3-20-12)6-7(14)9(16)11(18)10(17)8(6)15/h2-3H,1H3. The molecule has 0 atom stereocenters. The van der Waals surface area contributed by atoms with Crippen LogP contribution >= 0.6 is 58.0 Å². The van der Waals surface area contributed by atoms with Crippen molar-refractivity contribution in [1.82, 2.24) is 4.98 Å². The minimum absolute atomic E-state index is 0.00640. The van der Waals surface area contributed by atoms with E-state index in [9.17, 15) is 9.18 Å². The molecule has 1 aromatic heterocycles. The third kappa shape index (κ3) is 2.99. The molecule has 0 spiro atoms. The Morgan fingerprint density at radius 1 is 1.05 bits per heavy atom. The minimum atomic E-state index is -0.909. The van der Waals surface area contributed by atoms with Gasteiger partial charge in [0.2, 0.25) is 0 Å². The molecular weight excluding hydrogens is 398 g/mol. The number of benzene rings is 1. The Balaban J connectivity index is 2.68. The molecule has 0 aliphatic carbocycles. The summed E-state index contributed by atoms with van der Waals surface area (Å²) in [7, 11) is 1.11. The Morgan fingerprint density at radius 2 is 1.55 bits per heavy atom. The molecule has 116 valence electrons. The zero-order valence-electron chi connectivity index (χ0n) is 10.7. The highest BCUT2D eigenvalue weighted by Gasteiger charge is 2.22. The van der Waals surface area contributed by atoms with E-state index < -0.39 is 17.5 Å². The van der Waals surface area contributed by atoms with Crippen molar-refractivity contribution in [3.05, 3.63) is 48.9 Å². The second-order valence-electron chi connectivity index (χ2n) is 3.99. The van der Waals surface area contributed by atoms with Gasteiger partial charge in [0.25, 0.3) is 0 Å². The molecule has 0 bridgehead atoms. The number of hydrogen-bond donors (Lipinski definition) is 0. The molecule has 0 N–H and O–H groups in total. The summed E-state index contributed by atoms with van der Waals surface area (Å²) in [6.07, 6.45) is 1.20. The maximum Gasteiger partial charge on any atom is 0.359 e. The Hall–Kier alpha value is -0.780. The van der Waals surface area contributed by atoms with Gasteiger partial charge in [-0.2, -0.15) is 0 Å². The Morgan fingerprint density at radius 3 is 2.00 bits per heavy atom. The SMILES string of the molecule is COC(=O)c1ncc(-c2c(Cl)c(Cl)c(Cl)c(Cl)c2Cl)cc1F. The van der Waals surface area contributed by atoms with E-state index in [4.69, 9.17) is 58.0 Å². The second-order valence-corrected chi connectivity index (χ2v) is 5.88. The van der Waals surface area contributed by atoms with Crippen LogP contribution in [-0.2, 0) is 4.74 Å². The number of carbonyl (C=O) groups excluding carboxylic acids is 1. The van der Waals surface area contributed by atoms with Gasteiger partial charge in [-0.25, -0.2) is 14.2 Å². The van der Waals surface area contributed by atoms with Crippen molar-refractivity contribution in [2.45, 2.75) is 0 Å².